The van der Waals surface area contributed by atoms with E-state index in [2.05, 4.69) is 34.2 Å². The molecule has 4 rings (SSSR count). The van der Waals surface area contributed by atoms with Crippen molar-refractivity contribution in [3.63, 3.8) is 0 Å². The predicted octanol–water partition coefficient (Wildman–Crippen LogP) is 5.30. The molecule has 2 N–H and O–H groups in total. The summed E-state index contributed by atoms with van der Waals surface area (Å²) in [5.74, 6) is -0.988. The number of aromatic nitrogens is 3. The standard InChI is InChI=1S/C26H20N4O2/c1-2-22(23-11-12-28-15-21(23)14-27)26(19-8-9-24-20(13-19)16-29-30-24)18-6-3-17(4-7-18)5-10-25(31)32/h3-13,15-16H,2H2,1H3,(H,29,30)(H,31,32). The highest BCUT2D eigenvalue weighted by Crippen LogP contribution is 2.36. The van der Waals surface area contributed by atoms with Crippen LogP contribution in [0.5, 0.6) is 0 Å². The van der Waals surface area contributed by atoms with E-state index in [1.165, 1.54) is 0 Å². The number of carboxylic acid groups (broad SMARTS) is 1. The number of hydrogen-bond donors (Lipinski definition) is 2. The number of pyridine rings is 1. The van der Waals surface area contributed by atoms with Crippen molar-refractivity contribution in [3.05, 3.63) is 101 Å². The van der Waals surface area contributed by atoms with Crippen LogP contribution in [0.4, 0.5) is 0 Å². The quantitative estimate of drug-likeness (QED) is 0.412. The minimum Gasteiger partial charge on any atom is -0.478 e. The molecule has 0 saturated heterocycles. The number of benzene rings is 2. The number of H-pyrrole nitrogens is 1. The normalized spacial score (nSPS) is 12.0. The summed E-state index contributed by atoms with van der Waals surface area (Å²) < 4.78 is 0. The fraction of sp³-hybridized carbons (Fsp3) is 0.0769. The van der Waals surface area contributed by atoms with Crippen LogP contribution in [0, 0.1) is 11.3 Å². The van der Waals surface area contributed by atoms with Crippen molar-refractivity contribution in [1.82, 2.24) is 15.2 Å². The number of nitrogens with zero attached hydrogens (tertiary/aromatic N) is 3. The zero-order valence-electron chi connectivity index (χ0n) is 17.4. The molecule has 0 amide bonds. The molecule has 6 nitrogen and oxygen atoms in total. The third kappa shape index (κ3) is 4.18. The Morgan fingerprint density at radius 1 is 1.12 bits per heavy atom. The monoisotopic (exact) mass is 420 g/mol. The lowest BCUT2D eigenvalue weighted by Gasteiger charge is -2.17. The summed E-state index contributed by atoms with van der Waals surface area (Å²) in [5.41, 5.74) is 7.12. The van der Waals surface area contributed by atoms with E-state index in [1.807, 2.05) is 42.5 Å². The number of nitrogens with one attached hydrogen (secondary N) is 1. The van der Waals surface area contributed by atoms with Crippen molar-refractivity contribution < 1.29 is 9.90 Å². The minimum atomic E-state index is -0.988. The molecule has 4 aromatic rings. The van der Waals surface area contributed by atoms with E-state index in [0.717, 1.165) is 50.4 Å². The lowest BCUT2D eigenvalue weighted by atomic mass is 9.86. The SMILES string of the molecule is CCC(=C(c1ccc(C=CC(=O)O)cc1)c1ccc2[nH]ncc2c1)c1ccncc1C#N. The van der Waals surface area contributed by atoms with E-state index < -0.39 is 5.97 Å². The first-order valence-electron chi connectivity index (χ1n) is 10.1. The molecule has 0 aliphatic rings. The van der Waals surface area contributed by atoms with Crippen molar-refractivity contribution in [2.24, 2.45) is 0 Å². The van der Waals surface area contributed by atoms with Gasteiger partial charge in [0.25, 0.3) is 0 Å². The summed E-state index contributed by atoms with van der Waals surface area (Å²) >= 11 is 0. The maximum Gasteiger partial charge on any atom is 0.328 e. The zero-order chi connectivity index (χ0) is 22.5. The summed E-state index contributed by atoms with van der Waals surface area (Å²) in [6.45, 7) is 2.07. The van der Waals surface area contributed by atoms with Crippen LogP contribution in [0.1, 0.15) is 41.2 Å². The first-order chi connectivity index (χ1) is 15.6. The third-order valence-corrected chi connectivity index (χ3v) is 5.27. The molecule has 0 radical (unpaired) electrons. The van der Waals surface area contributed by atoms with Crippen LogP contribution in [-0.2, 0) is 4.79 Å². The second kappa shape index (κ2) is 9.11. The highest BCUT2D eigenvalue weighted by molar-refractivity contribution is 6.01. The van der Waals surface area contributed by atoms with Gasteiger partial charge in [-0.3, -0.25) is 10.1 Å². The predicted molar refractivity (Wildman–Crippen MR) is 124 cm³/mol. The number of carboxylic acids is 1. The molecule has 0 saturated carbocycles. The summed E-state index contributed by atoms with van der Waals surface area (Å²) in [7, 11) is 0. The van der Waals surface area contributed by atoms with Crippen LogP contribution in [0.15, 0.2) is 73.2 Å². The zero-order valence-corrected chi connectivity index (χ0v) is 17.4. The van der Waals surface area contributed by atoms with Crippen LogP contribution in [0.3, 0.4) is 0 Å². The molecule has 0 spiro atoms. The second-order valence-electron chi connectivity index (χ2n) is 7.21. The molecule has 2 aromatic heterocycles. The van der Waals surface area contributed by atoms with Gasteiger partial charge >= 0.3 is 5.97 Å². The molecular formula is C26H20N4O2. The summed E-state index contributed by atoms with van der Waals surface area (Å²) in [4.78, 5) is 14.9. The Bertz CT molecular complexity index is 1390. The number of allylic oxidation sites excluding steroid dienone is 1. The molecule has 6 heteroatoms. The largest absolute Gasteiger partial charge is 0.478 e. The Balaban J connectivity index is 1.95. The summed E-state index contributed by atoms with van der Waals surface area (Å²) in [5, 5.41) is 26.6. The van der Waals surface area contributed by atoms with E-state index in [1.54, 1.807) is 24.7 Å². The van der Waals surface area contributed by atoms with Gasteiger partial charge in [0.15, 0.2) is 0 Å². The maximum atomic E-state index is 10.8. The van der Waals surface area contributed by atoms with Crippen LogP contribution < -0.4 is 0 Å². The number of fused-ring (bicyclic) bond motifs is 1. The van der Waals surface area contributed by atoms with E-state index in [-0.39, 0.29) is 0 Å². The van der Waals surface area contributed by atoms with Gasteiger partial charge in [0, 0.05) is 23.9 Å². The van der Waals surface area contributed by atoms with Gasteiger partial charge < -0.3 is 5.11 Å². The molecule has 0 unspecified atom stereocenters. The number of aromatic amines is 1. The number of aliphatic carboxylic acids is 1. The highest BCUT2D eigenvalue weighted by atomic mass is 16.4. The van der Waals surface area contributed by atoms with Crippen molar-refractivity contribution in [3.8, 4) is 6.07 Å². The van der Waals surface area contributed by atoms with E-state index in [0.29, 0.717) is 12.0 Å². The first-order valence-corrected chi connectivity index (χ1v) is 10.1. The minimum absolute atomic E-state index is 0.521. The van der Waals surface area contributed by atoms with Crippen LogP contribution in [-0.4, -0.2) is 26.3 Å². The summed E-state index contributed by atoms with van der Waals surface area (Å²) in [6, 6.07) is 17.9. The van der Waals surface area contributed by atoms with E-state index in [9.17, 15) is 10.1 Å². The first kappa shape index (κ1) is 20.8. The van der Waals surface area contributed by atoms with Crippen molar-refractivity contribution in [1.29, 1.82) is 5.26 Å². The van der Waals surface area contributed by atoms with Gasteiger partial charge in [-0.15, -0.1) is 0 Å². The Morgan fingerprint density at radius 2 is 1.91 bits per heavy atom. The lowest BCUT2D eigenvalue weighted by Crippen LogP contribution is -1.98. The van der Waals surface area contributed by atoms with Gasteiger partial charge in [0.2, 0.25) is 0 Å². The lowest BCUT2D eigenvalue weighted by molar-refractivity contribution is -0.131. The third-order valence-electron chi connectivity index (χ3n) is 5.27. The molecular weight excluding hydrogens is 400 g/mol. The fourth-order valence-electron chi connectivity index (χ4n) is 3.79. The molecule has 0 aliphatic carbocycles. The molecule has 0 bridgehead atoms. The van der Waals surface area contributed by atoms with Gasteiger partial charge in [-0.05, 0) is 64.1 Å². The fourth-order valence-corrected chi connectivity index (χ4v) is 3.79. The van der Waals surface area contributed by atoms with Gasteiger partial charge in [0.1, 0.15) is 6.07 Å². The molecule has 2 aromatic carbocycles. The Kier molecular flexibility index (Phi) is 5.91. The molecule has 0 atom stereocenters. The highest BCUT2D eigenvalue weighted by Gasteiger charge is 2.16. The van der Waals surface area contributed by atoms with Crippen molar-refractivity contribution in [2.45, 2.75) is 13.3 Å². The molecule has 0 aliphatic heterocycles. The van der Waals surface area contributed by atoms with Gasteiger partial charge in [-0.25, -0.2) is 4.79 Å². The van der Waals surface area contributed by atoms with Gasteiger partial charge in [-0.2, -0.15) is 10.4 Å². The smallest absolute Gasteiger partial charge is 0.328 e. The van der Waals surface area contributed by atoms with Crippen LogP contribution in [0.25, 0.3) is 28.1 Å². The van der Waals surface area contributed by atoms with E-state index in [4.69, 9.17) is 5.11 Å². The average Bonchev–Trinajstić information content (AvgIpc) is 3.29. The Morgan fingerprint density at radius 3 is 2.62 bits per heavy atom. The van der Waals surface area contributed by atoms with Crippen molar-refractivity contribution in [2.75, 3.05) is 0 Å². The topological polar surface area (TPSA) is 103 Å². The number of rotatable bonds is 6. The van der Waals surface area contributed by atoms with Crippen LogP contribution >= 0.6 is 0 Å². The van der Waals surface area contributed by atoms with Crippen molar-refractivity contribution >= 4 is 34.1 Å². The molecule has 32 heavy (non-hydrogen) atoms. The molecule has 156 valence electrons. The molecule has 0 fully saturated rings. The average molecular weight is 420 g/mol. The Labute approximate surface area is 185 Å². The number of hydrogen-bond acceptors (Lipinski definition) is 4. The second-order valence-corrected chi connectivity index (χ2v) is 7.21. The van der Waals surface area contributed by atoms with Crippen LogP contribution in [0.2, 0.25) is 0 Å². The number of nitriles is 1. The van der Waals surface area contributed by atoms with Gasteiger partial charge in [0.05, 0.1) is 17.3 Å². The number of carbonyl (C=O) groups is 1. The molecule has 2 heterocycles. The summed E-state index contributed by atoms with van der Waals surface area (Å²) in [6.07, 6.45) is 8.45. The van der Waals surface area contributed by atoms with Gasteiger partial charge in [-0.1, -0.05) is 37.3 Å². The van der Waals surface area contributed by atoms with E-state index >= 15 is 0 Å². The maximum absolute atomic E-state index is 10.8. The Hall–Kier alpha value is -4.50.